The zero-order valence-electron chi connectivity index (χ0n) is 11.0. The Hall–Kier alpha value is -2.10. The van der Waals surface area contributed by atoms with Crippen molar-refractivity contribution in [3.8, 4) is 0 Å². The topological polar surface area (TPSA) is 40.6 Å². The first-order valence-corrected chi connectivity index (χ1v) is 5.79. The summed E-state index contributed by atoms with van der Waals surface area (Å²) in [5.74, 6) is -0.0764. The van der Waals surface area contributed by atoms with Crippen LogP contribution in [0.3, 0.4) is 0 Å². The van der Waals surface area contributed by atoms with Crippen LogP contribution in [0, 0.1) is 0 Å². The van der Waals surface area contributed by atoms with E-state index in [1.807, 2.05) is 27.1 Å². The summed E-state index contributed by atoms with van der Waals surface area (Å²) in [7, 11) is 3.71. The van der Waals surface area contributed by atoms with Gasteiger partial charge in [0, 0.05) is 44.2 Å². The molecule has 0 aliphatic carbocycles. The van der Waals surface area contributed by atoms with Gasteiger partial charge >= 0.3 is 0 Å². The van der Waals surface area contributed by atoms with Crippen molar-refractivity contribution in [2.24, 2.45) is 0 Å². The Balaban J connectivity index is 2.94. The highest BCUT2D eigenvalue weighted by atomic mass is 16.1. The highest BCUT2D eigenvalue weighted by Gasteiger charge is 2.06. The number of amides is 1. The summed E-state index contributed by atoms with van der Waals surface area (Å²) < 4.78 is 0. The fourth-order valence-electron chi connectivity index (χ4n) is 1.47. The van der Waals surface area contributed by atoms with Gasteiger partial charge in [0.15, 0.2) is 5.78 Å². The molecule has 0 aliphatic heterocycles. The van der Waals surface area contributed by atoms with Gasteiger partial charge in [0.05, 0.1) is 0 Å². The summed E-state index contributed by atoms with van der Waals surface area (Å²) in [5, 5.41) is 0. The van der Waals surface area contributed by atoms with E-state index in [9.17, 15) is 9.59 Å². The summed E-state index contributed by atoms with van der Waals surface area (Å²) in [4.78, 5) is 26.1. The number of carbonyl (C=O) groups excluding carboxylic acids is 2. The lowest BCUT2D eigenvalue weighted by molar-refractivity contribution is -0.107. The van der Waals surface area contributed by atoms with Crippen LogP contribution in [-0.4, -0.2) is 37.7 Å². The van der Waals surface area contributed by atoms with Crippen molar-refractivity contribution in [2.75, 3.05) is 25.5 Å². The Morgan fingerprint density at radius 3 is 2.61 bits per heavy atom. The Morgan fingerprint density at radius 1 is 1.33 bits per heavy atom. The van der Waals surface area contributed by atoms with Crippen molar-refractivity contribution in [1.82, 2.24) is 4.90 Å². The molecule has 0 saturated carbocycles. The van der Waals surface area contributed by atoms with E-state index >= 15 is 0 Å². The molecule has 0 atom stereocenters. The van der Waals surface area contributed by atoms with Crippen LogP contribution in [0.15, 0.2) is 36.5 Å². The van der Waals surface area contributed by atoms with Gasteiger partial charge in [-0.05, 0) is 19.1 Å². The van der Waals surface area contributed by atoms with Gasteiger partial charge in [-0.25, -0.2) is 0 Å². The number of benzene rings is 1. The molecule has 0 aliphatic rings. The van der Waals surface area contributed by atoms with Crippen LogP contribution in [-0.2, 0) is 4.79 Å². The van der Waals surface area contributed by atoms with Crippen LogP contribution < -0.4 is 4.90 Å². The van der Waals surface area contributed by atoms with Gasteiger partial charge < -0.3 is 9.80 Å². The minimum atomic E-state index is -0.0764. The standard InChI is InChI=1S/C14H18N2O2/c1-4-16(11-17)13-7-5-6-12(10-13)14(18)8-9-15(2)3/h5-11H,4H2,1-3H3/b9-8+. The molecule has 4 heteroatoms. The molecule has 0 unspecified atom stereocenters. The zero-order chi connectivity index (χ0) is 13.5. The molecule has 0 saturated heterocycles. The molecule has 96 valence electrons. The van der Waals surface area contributed by atoms with E-state index in [0.29, 0.717) is 12.1 Å². The molecule has 1 rings (SSSR count). The Bertz CT molecular complexity index is 453. The number of anilines is 1. The molecule has 0 heterocycles. The number of nitrogens with zero attached hydrogens (tertiary/aromatic N) is 2. The number of carbonyl (C=O) groups is 2. The first-order chi connectivity index (χ1) is 8.58. The van der Waals surface area contributed by atoms with E-state index in [1.165, 1.54) is 6.08 Å². The van der Waals surface area contributed by atoms with E-state index in [-0.39, 0.29) is 5.78 Å². The Morgan fingerprint density at radius 2 is 2.06 bits per heavy atom. The predicted molar refractivity (Wildman–Crippen MR) is 72.7 cm³/mol. The van der Waals surface area contributed by atoms with E-state index in [4.69, 9.17) is 0 Å². The van der Waals surface area contributed by atoms with Crippen molar-refractivity contribution in [2.45, 2.75) is 6.92 Å². The maximum Gasteiger partial charge on any atom is 0.214 e. The van der Waals surface area contributed by atoms with Crippen LogP contribution in [0.25, 0.3) is 0 Å². The molecule has 0 radical (unpaired) electrons. The average molecular weight is 246 g/mol. The van der Waals surface area contributed by atoms with Crippen LogP contribution in [0.5, 0.6) is 0 Å². The molecule has 1 amide bonds. The molecule has 4 nitrogen and oxygen atoms in total. The molecule has 0 spiro atoms. The van der Waals surface area contributed by atoms with Crippen LogP contribution in [0.2, 0.25) is 0 Å². The number of allylic oxidation sites excluding steroid dienone is 1. The quantitative estimate of drug-likeness (QED) is 0.437. The lowest BCUT2D eigenvalue weighted by atomic mass is 10.1. The number of hydrogen-bond acceptors (Lipinski definition) is 3. The Kier molecular flexibility index (Phi) is 5.11. The minimum absolute atomic E-state index is 0.0764. The van der Waals surface area contributed by atoms with E-state index in [2.05, 4.69) is 0 Å². The first kappa shape index (κ1) is 14.0. The van der Waals surface area contributed by atoms with E-state index < -0.39 is 0 Å². The number of hydrogen-bond donors (Lipinski definition) is 0. The van der Waals surface area contributed by atoms with Gasteiger partial charge in [0.2, 0.25) is 6.41 Å². The second-order valence-corrected chi connectivity index (χ2v) is 4.09. The van der Waals surface area contributed by atoms with Crippen LogP contribution in [0.1, 0.15) is 17.3 Å². The number of ketones is 1. The molecule has 0 aromatic heterocycles. The lowest BCUT2D eigenvalue weighted by Crippen LogP contribution is -2.20. The fraction of sp³-hybridized carbons (Fsp3) is 0.286. The summed E-state index contributed by atoms with van der Waals surface area (Å²) in [6.45, 7) is 2.46. The maximum atomic E-state index is 11.9. The third kappa shape index (κ3) is 3.73. The smallest absolute Gasteiger partial charge is 0.214 e. The van der Waals surface area contributed by atoms with Gasteiger partial charge in [-0.2, -0.15) is 0 Å². The summed E-state index contributed by atoms with van der Waals surface area (Å²) >= 11 is 0. The molecule has 1 aromatic rings. The molecule has 0 bridgehead atoms. The van der Waals surface area contributed by atoms with Crippen molar-refractivity contribution in [3.05, 3.63) is 42.1 Å². The monoisotopic (exact) mass is 246 g/mol. The van der Waals surface area contributed by atoms with Crippen LogP contribution in [0.4, 0.5) is 5.69 Å². The van der Waals surface area contributed by atoms with Gasteiger partial charge in [-0.3, -0.25) is 9.59 Å². The molecule has 1 aromatic carbocycles. The van der Waals surface area contributed by atoms with E-state index in [1.54, 1.807) is 34.2 Å². The summed E-state index contributed by atoms with van der Waals surface area (Å²) in [6, 6.07) is 7.05. The average Bonchev–Trinajstić information content (AvgIpc) is 2.38. The van der Waals surface area contributed by atoms with Crippen molar-refractivity contribution >= 4 is 17.9 Å². The minimum Gasteiger partial charge on any atom is -0.383 e. The molecular weight excluding hydrogens is 228 g/mol. The summed E-state index contributed by atoms with van der Waals surface area (Å²) in [6.07, 6.45) is 3.97. The highest BCUT2D eigenvalue weighted by molar-refractivity contribution is 6.05. The normalized spacial score (nSPS) is 10.4. The van der Waals surface area contributed by atoms with Gasteiger partial charge in [0.25, 0.3) is 0 Å². The van der Waals surface area contributed by atoms with Gasteiger partial charge in [-0.1, -0.05) is 12.1 Å². The molecule has 18 heavy (non-hydrogen) atoms. The lowest BCUT2D eigenvalue weighted by Gasteiger charge is -2.15. The second-order valence-electron chi connectivity index (χ2n) is 4.09. The molecular formula is C14H18N2O2. The fourth-order valence-corrected chi connectivity index (χ4v) is 1.47. The number of rotatable bonds is 6. The third-order valence-electron chi connectivity index (χ3n) is 2.45. The maximum absolute atomic E-state index is 11.9. The zero-order valence-corrected chi connectivity index (χ0v) is 11.0. The van der Waals surface area contributed by atoms with Gasteiger partial charge in [-0.15, -0.1) is 0 Å². The molecule has 0 N–H and O–H groups in total. The highest BCUT2D eigenvalue weighted by Crippen LogP contribution is 2.15. The van der Waals surface area contributed by atoms with Crippen molar-refractivity contribution < 1.29 is 9.59 Å². The van der Waals surface area contributed by atoms with Crippen LogP contribution >= 0.6 is 0 Å². The van der Waals surface area contributed by atoms with Crippen molar-refractivity contribution in [3.63, 3.8) is 0 Å². The second kappa shape index (κ2) is 6.59. The van der Waals surface area contributed by atoms with Crippen molar-refractivity contribution in [1.29, 1.82) is 0 Å². The molecule has 0 fully saturated rings. The Labute approximate surface area is 108 Å². The predicted octanol–water partition coefficient (Wildman–Crippen LogP) is 1.93. The largest absolute Gasteiger partial charge is 0.383 e. The summed E-state index contributed by atoms with van der Waals surface area (Å²) in [5.41, 5.74) is 1.31. The SMILES string of the molecule is CCN(C=O)c1cccc(C(=O)/C=C/N(C)C)c1. The van der Waals surface area contributed by atoms with Gasteiger partial charge in [0.1, 0.15) is 0 Å². The van der Waals surface area contributed by atoms with E-state index in [0.717, 1.165) is 12.1 Å². The third-order valence-corrected chi connectivity index (χ3v) is 2.45. The first-order valence-electron chi connectivity index (χ1n) is 5.79.